The Hall–Kier alpha value is -3.63. The van der Waals surface area contributed by atoms with Crippen molar-refractivity contribution in [2.75, 3.05) is 13.7 Å². The summed E-state index contributed by atoms with van der Waals surface area (Å²) in [5.74, 6) is -4.76. The highest BCUT2D eigenvalue weighted by Crippen LogP contribution is 2.68. The van der Waals surface area contributed by atoms with Gasteiger partial charge in [-0.25, -0.2) is 4.79 Å². The highest BCUT2D eigenvalue weighted by atomic mass is 16.7. The molecule has 54 heavy (non-hydrogen) atoms. The van der Waals surface area contributed by atoms with Crippen molar-refractivity contribution in [2.24, 2.45) is 34.5 Å². The molecule has 16 nitrogen and oxygen atoms in total. The lowest BCUT2D eigenvalue weighted by atomic mass is 9.44. The molecule has 16 heteroatoms. The van der Waals surface area contributed by atoms with Gasteiger partial charge in [0, 0.05) is 52.4 Å². The second kappa shape index (κ2) is 15.8. The van der Waals surface area contributed by atoms with Crippen molar-refractivity contribution in [1.29, 1.82) is 0 Å². The van der Waals surface area contributed by atoms with Gasteiger partial charge >= 0.3 is 35.8 Å². The summed E-state index contributed by atoms with van der Waals surface area (Å²) in [5, 5.41) is 12.3. The van der Waals surface area contributed by atoms with Crippen LogP contribution >= 0.6 is 0 Å². The summed E-state index contributed by atoms with van der Waals surface area (Å²) < 4.78 is 44.6. The lowest BCUT2D eigenvalue weighted by Gasteiger charge is -2.61. The Morgan fingerprint density at radius 3 is 2.04 bits per heavy atom. The second-order valence-corrected chi connectivity index (χ2v) is 16.2. The van der Waals surface area contributed by atoms with Crippen LogP contribution in [0.1, 0.15) is 99.8 Å². The Kier molecular flexibility index (Phi) is 12.2. The number of hydrogen-bond donors (Lipinski definition) is 1. The minimum Gasteiger partial charge on any atom is -0.467 e. The Balaban J connectivity index is 1.37. The zero-order valence-corrected chi connectivity index (χ0v) is 32.3. The van der Waals surface area contributed by atoms with Crippen molar-refractivity contribution < 1.29 is 76.6 Å². The molecule has 302 valence electrons. The third-order valence-corrected chi connectivity index (χ3v) is 13.0. The van der Waals surface area contributed by atoms with Gasteiger partial charge in [-0.1, -0.05) is 13.8 Å². The predicted molar refractivity (Wildman–Crippen MR) is 181 cm³/mol. The number of carbonyl (C=O) groups is 7. The van der Waals surface area contributed by atoms with E-state index in [9.17, 15) is 38.7 Å². The number of fused-ring (bicyclic) bond motifs is 5. The summed E-state index contributed by atoms with van der Waals surface area (Å²) in [4.78, 5) is 87.7. The molecule has 0 aromatic carbocycles. The van der Waals surface area contributed by atoms with Crippen LogP contribution in [0.2, 0.25) is 0 Å². The van der Waals surface area contributed by atoms with Crippen molar-refractivity contribution in [3.05, 3.63) is 0 Å². The lowest BCUT2D eigenvalue weighted by Crippen LogP contribution is -2.65. The number of ether oxygens (including phenoxy) is 8. The van der Waals surface area contributed by atoms with E-state index in [-0.39, 0.29) is 48.9 Å². The first-order valence-corrected chi connectivity index (χ1v) is 18.7. The largest absolute Gasteiger partial charge is 0.467 e. The molecule has 0 spiro atoms. The summed E-state index contributed by atoms with van der Waals surface area (Å²) in [6.45, 7) is 9.56. The number of aliphatic hydroxyl groups is 1. The van der Waals surface area contributed by atoms with Gasteiger partial charge in [0.15, 0.2) is 36.8 Å². The average Bonchev–Trinajstić information content (AvgIpc) is 3.34. The zero-order valence-electron chi connectivity index (χ0n) is 32.3. The van der Waals surface area contributed by atoms with Crippen molar-refractivity contribution in [1.82, 2.24) is 0 Å². The molecule has 1 heterocycles. The number of hydrogen-bond acceptors (Lipinski definition) is 16. The van der Waals surface area contributed by atoms with E-state index in [2.05, 4.69) is 6.92 Å². The summed E-state index contributed by atoms with van der Waals surface area (Å²) in [7, 11) is 1.12. The topological polar surface area (TPSA) is 214 Å². The lowest BCUT2D eigenvalue weighted by molar-refractivity contribution is -0.314. The Morgan fingerprint density at radius 1 is 0.815 bits per heavy atom. The molecule has 1 N–H and O–H groups in total. The fraction of sp³-hybridized carbons (Fsp3) is 0.816. The average molecular weight is 767 g/mol. The van der Waals surface area contributed by atoms with Crippen LogP contribution in [0.25, 0.3) is 0 Å². The minimum atomic E-state index is -1.58. The quantitative estimate of drug-likeness (QED) is 0.192. The van der Waals surface area contributed by atoms with Crippen LogP contribution < -0.4 is 0 Å². The summed E-state index contributed by atoms with van der Waals surface area (Å²) in [6.07, 6.45) is -4.94. The van der Waals surface area contributed by atoms with Crippen molar-refractivity contribution in [3.63, 3.8) is 0 Å². The normalized spacial score (nSPS) is 40.4. The Morgan fingerprint density at radius 2 is 1.44 bits per heavy atom. The Bertz CT molecular complexity index is 1510. The second-order valence-electron chi connectivity index (χ2n) is 16.2. The highest BCUT2D eigenvalue weighted by Gasteiger charge is 2.70. The molecule has 4 aliphatic carbocycles. The first kappa shape index (κ1) is 41.5. The van der Waals surface area contributed by atoms with Crippen molar-refractivity contribution >= 4 is 41.6 Å². The van der Waals surface area contributed by atoms with Gasteiger partial charge in [-0.2, -0.15) is 0 Å². The van der Waals surface area contributed by atoms with E-state index in [1.54, 1.807) is 0 Å². The Labute approximate surface area is 314 Å². The number of rotatable bonds is 10. The van der Waals surface area contributed by atoms with Crippen molar-refractivity contribution in [2.45, 2.75) is 148 Å². The smallest absolute Gasteiger partial charge is 0.339 e. The molecular formula is C38H54O16. The van der Waals surface area contributed by atoms with Gasteiger partial charge in [-0.05, 0) is 68.1 Å². The number of ketones is 1. The highest BCUT2D eigenvalue weighted by molar-refractivity contribution is 5.84. The zero-order chi connectivity index (χ0) is 39.9. The van der Waals surface area contributed by atoms with Crippen LogP contribution in [-0.2, 0) is 71.5 Å². The van der Waals surface area contributed by atoms with Gasteiger partial charge in [-0.3, -0.25) is 28.8 Å². The molecule has 0 radical (unpaired) electrons. The van der Waals surface area contributed by atoms with Gasteiger partial charge in [0.25, 0.3) is 0 Å². The molecule has 0 aromatic rings. The van der Waals surface area contributed by atoms with E-state index in [0.29, 0.717) is 32.1 Å². The maximum atomic E-state index is 14.4. The van der Waals surface area contributed by atoms with Crippen LogP contribution in [0.5, 0.6) is 0 Å². The molecule has 0 amide bonds. The minimum absolute atomic E-state index is 0.0331. The van der Waals surface area contributed by atoms with E-state index < -0.39 is 95.2 Å². The molecule has 1 aliphatic heterocycles. The molecule has 5 aliphatic rings. The molecular weight excluding hydrogens is 712 g/mol. The van der Waals surface area contributed by atoms with E-state index >= 15 is 0 Å². The molecule has 0 aromatic heterocycles. The van der Waals surface area contributed by atoms with E-state index in [0.717, 1.165) is 34.3 Å². The molecule has 4 saturated carbocycles. The molecule has 0 bridgehead atoms. The molecule has 14 atom stereocenters. The van der Waals surface area contributed by atoms with Gasteiger partial charge in [0.2, 0.25) is 0 Å². The van der Waals surface area contributed by atoms with E-state index in [4.69, 9.17) is 37.9 Å². The van der Waals surface area contributed by atoms with Crippen LogP contribution in [0, 0.1) is 34.5 Å². The van der Waals surface area contributed by atoms with Crippen LogP contribution in [0.4, 0.5) is 0 Å². The molecule has 14 unspecified atom stereocenters. The summed E-state index contributed by atoms with van der Waals surface area (Å²) in [5.41, 5.74) is -2.91. The first-order chi connectivity index (χ1) is 25.2. The number of esters is 6. The molecule has 5 fully saturated rings. The van der Waals surface area contributed by atoms with Crippen LogP contribution in [-0.4, -0.2) is 109 Å². The summed E-state index contributed by atoms with van der Waals surface area (Å²) >= 11 is 0. The first-order valence-electron chi connectivity index (χ1n) is 18.7. The fourth-order valence-electron chi connectivity index (χ4n) is 10.8. The SMILES string of the molecule is COC(=O)C1OC(OC2CCC3(C)C(CCC4C3C(=O)CC3(C)C4CCC3(O)C(COC(C)=O)OC(C)=O)C2)C(OC(C)=O)C(OC(C)=O)C1OC(C)=O. The van der Waals surface area contributed by atoms with E-state index in [1.807, 2.05) is 6.92 Å². The maximum Gasteiger partial charge on any atom is 0.339 e. The third kappa shape index (κ3) is 7.75. The maximum absolute atomic E-state index is 14.4. The fourth-order valence-corrected chi connectivity index (χ4v) is 10.8. The van der Waals surface area contributed by atoms with Gasteiger partial charge < -0.3 is 43.0 Å². The predicted octanol–water partition coefficient (Wildman–Crippen LogP) is 2.51. The standard InChI is InChI=1S/C38H54O16/c1-18(39)48-17-28(49-19(2)40)38(46)14-12-26-25-10-9-23-15-24(11-13-36(23,6)29(25)27(44)16-37(26,38)7)53-35-33(52-22(5)43)31(51-21(4)42)30(50-20(3)41)32(54-35)34(45)47-8/h23-26,28-33,35,46H,9-17H2,1-8H3. The van der Waals surface area contributed by atoms with Gasteiger partial charge in [0.1, 0.15) is 18.0 Å². The molecule has 5 rings (SSSR count). The van der Waals surface area contributed by atoms with Crippen LogP contribution in [0.15, 0.2) is 0 Å². The summed E-state index contributed by atoms with van der Waals surface area (Å²) in [6, 6.07) is 0. The van der Waals surface area contributed by atoms with Crippen molar-refractivity contribution in [3.8, 4) is 0 Å². The number of methoxy groups -OCH3 is 1. The third-order valence-electron chi connectivity index (χ3n) is 13.0. The van der Waals surface area contributed by atoms with E-state index in [1.165, 1.54) is 13.8 Å². The molecule has 1 saturated heterocycles. The van der Waals surface area contributed by atoms with Gasteiger partial charge in [0.05, 0.1) is 13.2 Å². The number of carbonyl (C=O) groups excluding carboxylic acids is 7. The van der Waals surface area contributed by atoms with Gasteiger partial charge in [-0.15, -0.1) is 0 Å². The monoisotopic (exact) mass is 766 g/mol. The van der Waals surface area contributed by atoms with Crippen LogP contribution in [0.3, 0.4) is 0 Å². The number of Topliss-reactive ketones (excluding diaryl/α,β-unsaturated/α-hetero) is 1.